The van der Waals surface area contributed by atoms with Crippen LogP contribution >= 0.6 is 0 Å². The van der Waals surface area contributed by atoms with Gasteiger partial charge in [-0.25, -0.2) is 4.79 Å². The number of benzene rings is 5. The first-order chi connectivity index (χ1) is 39.9. The number of hydrogen-bond acceptors (Lipinski definition) is 11. The molecule has 0 spiro atoms. The van der Waals surface area contributed by atoms with E-state index < -0.39 is 83.9 Å². The molecule has 430 valence electrons. The molecule has 0 aliphatic carbocycles. The van der Waals surface area contributed by atoms with Crippen LogP contribution in [0.2, 0.25) is 0 Å². The van der Waals surface area contributed by atoms with Gasteiger partial charge in [0.15, 0.2) is 0 Å². The Morgan fingerprint density at radius 2 is 1.23 bits per heavy atom. The smallest absolute Gasteiger partial charge is 0.407 e. The molecule has 82 heavy (non-hydrogen) atoms. The van der Waals surface area contributed by atoms with E-state index in [1.54, 1.807) is 18.3 Å². The Kier molecular flexibility index (Phi) is 20.0. The molecular formula is C63H74N10O9. The molecule has 7 amide bonds. The standard InChI is InChI=1S/C63H74N10O9/c1-72-56(35-42-15-7-3-8-16-42)62(79)73-39-48(82-63(80)66-32-29-64)37-55(73)60(77)68-51(26-23-41-13-5-2-6-14-41)57(74)70-53(36-46-38-67-50-20-12-11-19-49(46)50)59(76)69-52(33-44-27-30-65-31-28-44)58(75)71-54(61(72)78)34-43-21-24-47(25-22-43)81-40-45-17-9-4-10-18-45/h2-22,24-25,38,44,48,51-56,65,67H,23,26-37,39-40,64H2,1H3,(H,66,80)(H,68,77)(H,69,76)(H,70,74)(H,71,75)/t48?,51-,52-,53+,54-,55-,56-/m0/s1. The van der Waals surface area contributed by atoms with E-state index in [4.69, 9.17) is 15.2 Å². The fourth-order valence-corrected chi connectivity index (χ4v) is 11.2. The Morgan fingerprint density at radius 1 is 0.634 bits per heavy atom. The number of rotatable bonds is 17. The molecule has 19 nitrogen and oxygen atoms in total. The van der Waals surface area contributed by atoms with E-state index in [9.17, 15) is 4.79 Å². The maximum Gasteiger partial charge on any atom is 0.407 e. The van der Waals surface area contributed by atoms with Crippen molar-refractivity contribution in [3.63, 3.8) is 0 Å². The summed E-state index contributed by atoms with van der Waals surface area (Å²) < 4.78 is 11.9. The lowest BCUT2D eigenvalue weighted by atomic mass is 9.90. The minimum atomic E-state index is -1.30. The summed E-state index contributed by atoms with van der Waals surface area (Å²) >= 11 is 0. The lowest BCUT2D eigenvalue weighted by Gasteiger charge is -2.36. The molecule has 0 bridgehead atoms. The third-order valence-corrected chi connectivity index (χ3v) is 15.7. The number of carbonyl (C=O) groups excluding carboxylic acids is 7. The zero-order valence-corrected chi connectivity index (χ0v) is 46.2. The van der Waals surface area contributed by atoms with Gasteiger partial charge in [-0.1, -0.05) is 121 Å². The van der Waals surface area contributed by atoms with E-state index in [0.717, 1.165) is 40.4 Å². The Bertz CT molecular complexity index is 3120. The van der Waals surface area contributed by atoms with Gasteiger partial charge >= 0.3 is 6.09 Å². The van der Waals surface area contributed by atoms with Crippen molar-refractivity contribution < 1.29 is 43.0 Å². The number of aromatic nitrogens is 1. The number of nitrogens with two attached hydrogens (primary N) is 1. The topological polar surface area (TPSA) is 258 Å². The lowest BCUT2D eigenvalue weighted by molar-refractivity contribution is -0.149. The fraction of sp³-hybridized carbons (Fsp3) is 0.381. The van der Waals surface area contributed by atoms with Crippen LogP contribution in [0.25, 0.3) is 10.9 Å². The van der Waals surface area contributed by atoms with Gasteiger partial charge in [0, 0.05) is 62.9 Å². The van der Waals surface area contributed by atoms with Gasteiger partial charge in [0.05, 0.1) is 6.54 Å². The van der Waals surface area contributed by atoms with E-state index in [-0.39, 0.29) is 64.1 Å². The van der Waals surface area contributed by atoms with Crippen molar-refractivity contribution >= 4 is 52.4 Å². The number of para-hydroxylation sites is 1. The van der Waals surface area contributed by atoms with E-state index in [0.29, 0.717) is 43.0 Å². The van der Waals surface area contributed by atoms with Gasteiger partial charge in [0.25, 0.3) is 0 Å². The van der Waals surface area contributed by atoms with Crippen LogP contribution in [0.5, 0.6) is 5.75 Å². The highest BCUT2D eigenvalue weighted by molar-refractivity contribution is 5.99. The van der Waals surface area contributed by atoms with E-state index in [2.05, 4.69) is 36.9 Å². The number of fused-ring (bicyclic) bond motifs is 2. The quantitative estimate of drug-likeness (QED) is 0.0641. The van der Waals surface area contributed by atoms with Gasteiger partial charge in [-0.05, 0) is 97.1 Å². The van der Waals surface area contributed by atoms with Crippen molar-refractivity contribution in [3.8, 4) is 5.75 Å². The molecule has 9 N–H and O–H groups in total. The summed E-state index contributed by atoms with van der Waals surface area (Å²) in [5.74, 6) is -3.27. The summed E-state index contributed by atoms with van der Waals surface area (Å²) in [5.41, 5.74) is 10.4. The summed E-state index contributed by atoms with van der Waals surface area (Å²) in [6, 6.07) is 35.5. The minimum Gasteiger partial charge on any atom is -0.489 e. The first-order valence-electron chi connectivity index (χ1n) is 28.4. The van der Waals surface area contributed by atoms with E-state index in [1.807, 2.05) is 127 Å². The fourth-order valence-electron chi connectivity index (χ4n) is 11.2. The van der Waals surface area contributed by atoms with Crippen LogP contribution < -0.4 is 42.4 Å². The second kappa shape index (κ2) is 28.2. The number of nitrogens with one attached hydrogen (secondary N) is 7. The zero-order valence-electron chi connectivity index (χ0n) is 46.2. The van der Waals surface area contributed by atoms with Crippen molar-refractivity contribution in [3.05, 3.63) is 174 Å². The van der Waals surface area contributed by atoms with Crippen LogP contribution in [0.1, 0.15) is 59.9 Å². The third-order valence-electron chi connectivity index (χ3n) is 15.7. The summed E-state index contributed by atoms with van der Waals surface area (Å²) in [5, 5.41) is 18.8. The highest BCUT2D eigenvalue weighted by atomic mass is 16.6. The average molecular weight is 1120 g/mol. The number of piperidine rings is 1. The number of alkyl carbamates (subject to hydrolysis) is 1. The van der Waals surface area contributed by atoms with Crippen molar-refractivity contribution in [1.82, 2.24) is 46.7 Å². The molecule has 9 rings (SSSR count). The van der Waals surface area contributed by atoms with Crippen molar-refractivity contribution in [2.45, 2.75) is 107 Å². The third kappa shape index (κ3) is 15.5. The summed E-state index contributed by atoms with van der Waals surface area (Å²) in [6.45, 7) is 1.78. The molecule has 3 saturated heterocycles. The van der Waals surface area contributed by atoms with Gasteiger partial charge in [-0.2, -0.15) is 0 Å². The van der Waals surface area contributed by atoms with Crippen LogP contribution in [0.3, 0.4) is 0 Å². The minimum absolute atomic E-state index is 0.00145. The van der Waals surface area contributed by atoms with E-state index >= 15 is 28.8 Å². The normalized spacial score (nSPS) is 22.5. The SMILES string of the molecule is CN1C(=O)[C@H](Cc2ccc(OCc3ccccc3)cc2)NC(=O)[C@H](CC2CCNCC2)NC(=O)[C@@H](Cc2c[nH]c3ccccc23)NC(=O)[C@H](CCc2ccccc2)NC(=O)[C@@H]2CC(OC(=O)NCCN)CN2C(=O)[C@@H]1Cc1ccccc1. The summed E-state index contributed by atoms with van der Waals surface area (Å²) in [6.07, 6.45) is 1.93. The average Bonchev–Trinajstić information content (AvgIpc) is 4.30. The first-order valence-corrected chi connectivity index (χ1v) is 28.4. The largest absolute Gasteiger partial charge is 0.489 e. The van der Waals surface area contributed by atoms with Crippen molar-refractivity contribution in [2.75, 3.05) is 39.8 Å². The maximum atomic E-state index is 15.7. The first kappa shape index (κ1) is 58.1. The summed E-state index contributed by atoms with van der Waals surface area (Å²) in [4.78, 5) is 111. The van der Waals surface area contributed by atoms with Crippen LogP contribution in [0.4, 0.5) is 4.79 Å². The number of nitrogens with zero attached hydrogens (tertiary/aromatic N) is 2. The van der Waals surface area contributed by atoms with Crippen LogP contribution in [-0.2, 0) is 65.8 Å². The van der Waals surface area contributed by atoms with Gasteiger partial charge in [-0.15, -0.1) is 0 Å². The van der Waals surface area contributed by atoms with Crippen LogP contribution in [0.15, 0.2) is 146 Å². The van der Waals surface area contributed by atoms with Crippen LogP contribution in [0, 0.1) is 5.92 Å². The molecule has 3 aliphatic heterocycles. The zero-order chi connectivity index (χ0) is 57.4. The molecule has 6 aromatic rings. The Balaban J connectivity index is 1.12. The Labute approximate surface area is 477 Å². The number of ether oxygens (including phenoxy) is 2. The van der Waals surface area contributed by atoms with Gasteiger partial charge in [0.1, 0.15) is 54.7 Å². The highest BCUT2D eigenvalue weighted by Crippen LogP contribution is 2.27. The van der Waals surface area contributed by atoms with Crippen molar-refractivity contribution in [2.24, 2.45) is 11.7 Å². The molecule has 0 radical (unpaired) electrons. The number of hydrogen-bond donors (Lipinski definition) is 8. The molecule has 19 heteroatoms. The van der Waals surface area contributed by atoms with Crippen LogP contribution in [-0.4, -0.2) is 138 Å². The molecule has 1 aromatic heterocycles. The molecule has 3 fully saturated rings. The maximum absolute atomic E-state index is 15.7. The van der Waals surface area contributed by atoms with Gasteiger partial charge in [-0.3, -0.25) is 28.8 Å². The number of H-pyrrole nitrogens is 1. The Morgan fingerprint density at radius 3 is 1.94 bits per heavy atom. The number of amides is 7. The van der Waals surface area contributed by atoms with Crippen molar-refractivity contribution in [1.29, 1.82) is 0 Å². The molecule has 7 atom stereocenters. The Hall–Kier alpha value is -8.55. The molecule has 4 heterocycles. The predicted molar refractivity (Wildman–Crippen MR) is 310 cm³/mol. The number of carbonyl (C=O) groups is 7. The number of aromatic amines is 1. The monoisotopic (exact) mass is 1110 g/mol. The molecule has 3 aliphatic rings. The lowest BCUT2D eigenvalue weighted by Crippen LogP contribution is -2.62. The summed E-state index contributed by atoms with van der Waals surface area (Å²) in [7, 11) is 1.50. The predicted octanol–water partition coefficient (Wildman–Crippen LogP) is 4.23. The second-order valence-electron chi connectivity index (χ2n) is 21.5. The van der Waals surface area contributed by atoms with Gasteiger partial charge < -0.3 is 61.9 Å². The van der Waals surface area contributed by atoms with E-state index in [1.165, 1.54) is 16.8 Å². The van der Waals surface area contributed by atoms with Gasteiger partial charge in [0.2, 0.25) is 35.4 Å². The molecule has 5 aromatic carbocycles. The number of likely N-dealkylation sites (N-methyl/N-ethyl adjacent to an activating group) is 1. The molecule has 0 saturated carbocycles. The highest BCUT2D eigenvalue weighted by Gasteiger charge is 2.46. The molecular weight excluding hydrogens is 1040 g/mol. The second-order valence-corrected chi connectivity index (χ2v) is 21.5. The number of aryl methyl sites for hydroxylation is 1. The molecule has 1 unspecified atom stereocenters.